The number of anilines is 3. The summed E-state index contributed by atoms with van der Waals surface area (Å²) in [5.41, 5.74) is 4.41. The van der Waals surface area contributed by atoms with Crippen molar-refractivity contribution >= 4 is 40.5 Å². The largest absolute Gasteiger partial charge is 0.392 e. The van der Waals surface area contributed by atoms with E-state index in [0.717, 1.165) is 29.7 Å². The zero-order valence-corrected chi connectivity index (χ0v) is 26.8. The number of aryl methyl sites for hydroxylation is 1. The molecule has 2 amide bonds. The van der Waals surface area contributed by atoms with Gasteiger partial charge in [0.15, 0.2) is 0 Å². The van der Waals surface area contributed by atoms with Gasteiger partial charge in [-0.05, 0) is 60.1 Å². The van der Waals surface area contributed by atoms with Crippen LogP contribution in [0.1, 0.15) is 55.4 Å². The summed E-state index contributed by atoms with van der Waals surface area (Å²) < 4.78 is 6.54. The molecule has 2 N–H and O–H groups in total. The molecule has 1 saturated heterocycles. The van der Waals surface area contributed by atoms with Gasteiger partial charge >= 0.3 is 0 Å². The molecule has 238 valence electrons. The molecule has 4 aromatic rings. The van der Waals surface area contributed by atoms with Gasteiger partial charge in [0, 0.05) is 55.1 Å². The summed E-state index contributed by atoms with van der Waals surface area (Å²) >= 11 is 1.59. The number of aliphatic hydroxyl groups excluding tert-OH is 1. The van der Waals surface area contributed by atoms with Crippen LogP contribution < -0.4 is 15.8 Å². The maximum atomic E-state index is 13.8. The second-order valence-electron chi connectivity index (χ2n) is 12.7. The van der Waals surface area contributed by atoms with Gasteiger partial charge in [-0.1, -0.05) is 13.8 Å². The molecule has 0 radical (unpaired) electrons. The molecule has 46 heavy (non-hydrogen) atoms. The van der Waals surface area contributed by atoms with E-state index >= 15 is 0 Å². The minimum absolute atomic E-state index is 0.102. The van der Waals surface area contributed by atoms with Gasteiger partial charge in [0.1, 0.15) is 17.3 Å². The van der Waals surface area contributed by atoms with Crippen molar-refractivity contribution in [3.63, 3.8) is 0 Å². The van der Waals surface area contributed by atoms with Crippen LogP contribution in [0.3, 0.4) is 0 Å². The number of ether oxygens (including phenoxy) is 1. The van der Waals surface area contributed by atoms with Gasteiger partial charge in [-0.15, -0.1) is 11.3 Å². The van der Waals surface area contributed by atoms with Gasteiger partial charge in [-0.3, -0.25) is 19.3 Å². The third kappa shape index (κ3) is 5.37. The van der Waals surface area contributed by atoms with E-state index in [1.165, 1.54) is 21.3 Å². The Labute approximate surface area is 269 Å². The van der Waals surface area contributed by atoms with Crippen molar-refractivity contribution in [2.45, 2.75) is 39.7 Å². The third-order valence-electron chi connectivity index (χ3n) is 8.88. The zero-order chi connectivity index (χ0) is 32.2. The van der Waals surface area contributed by atoms with Gasteiger partial charge in [0.05, 0.1) is 36.0 Å². The number of carbonyl (C=O) groups excluding carboxylic acids is 2. The van der Waals surface area contributed by atoms with Gasteiger partial charge in [-0.25, -0.2) is 14.6 Å². The van der Waals surface area contributed by atoms with E-state index in [4.69, 9.17) is 4.74 Å². The average molecular weight is 642 g/mol. The van der Waals surface area contributed by atoms with Gasteiger partial charge in [0.25, 0.3) is 17.4 Å². The Bertz CT molecular complexity index is 1910. The number of amides is 2. The molecule has 0 atom stereocenters. The number of carbonyl (C=O) groups is 2. The van der Waals surface area contributed by atoms with Crippen molar-refractivity contribution in [1.29, 1.82) is 0 Å². The van der Waals surface area contributed by atoms with Crippen LogP contribution in [-0.2, 0) is 37.7 Å². The highest BCUT2D eigenvalue weighted by Gasteiger charge is 2.39. The van der Waals surface area contributed by atoms with Crippen molar-refractivity contribution in [1.82, 2.24) is 24.6 Å². The van der Waals surface area contributed by atoms with Crippen LogP contribution in [0.4, 0.5) is 17.3 Å². The molecule has 3 aliphatic rings. The summed E-state index contributed by atoms with van der Waals surface area (Å²) in [7, 11) is 1.54. The first kappa shape index (κ1) is 30.2. The molecule has 2 aliphatic heterocycles. The van der Waals surface area contributed by atoms with Crippen molar-refractivity contribution in [3.05, 3.63) is 79.0 Å². The minimum atomic E-state index is -0.383. The number of fused-ring (bicyclic) bond motifs is 3. The average Bonchev–Trinajstić information content (AvgIpc) is 3.55. The van der Waals surface area contributed by atoms with Gasteiger partial charge in [-0.2, -0.15) is 5.10 Å². The lowest BCUT2D eigenvalue weighted by Gasteiger charge is -2.29. The molecule has 0 bridgehead atoms. The molecule has 4 aromatic heterocycles. The number of thiophene rings is 1. The fourth-order valence-electron chi connectivity index (χ4n) is 6.58. The fraction of sp³-hybridized carbons (Fsp3) is 0.394. The molecule has 12 nitrogen and oxygen atoms in total. The standard InChI is InChI=1S/C33H35N7O5S/c1-33(2)15-22-21-7-9-40(32(44)28(21)46-26(22)16-33)29-23(18-41)20(6-8-34-29)24-14-25(31(43)38(3)37-24)36-27-5-4-19(17-35-27)30(42)39-10-12-45-13-11-39/h4-6,8,14,17,41H,7,9-13,15-16,18H2,1-3H3,(H,35,36). The Morgan fingerprint density at radius 1 is 1.09 bits per heavy atom. The lowest BCUT2D eigenvalue weighted by atomic mass is 9.89. The van der Waals surface area contributed by atoms with Crippen LogP contribution in [0, 0.1) is 5.41 Å². The number of nitrogens with zero attached hydrogens (tertiary/aromatic N) is 6. The molecule has 0 aromatic carbocycles. The molecule has 6 heterocycles. The normalized spacial score (nSPS) is 17.2. The molecular weight excluding hydrogens is 606 g/mol. The number of hydrogen-bond acceptors (Lipinski definition) is 10. The molecule has 7 rings (SSSR count). The first-order valence-electron chi connectivity index (χ1n) is 15.4. The number of aliphatic hydroxyl groups is 1. The van der Waals surface area contributed by atoms with Gasteiger partial charge in [0.2, 0.25) is 0 Å². The lowest BCUT2D eigenvalue weighted by molar-refractivity contribution is 0.0302. The van der Waals surface area contributed by atoms with E-state index in [1.807, 2.05) is 0 Å². The van der Waals surface area contributed by atoms with Crippen LogP contribution in [0.15, 0.2) is 41.5 Å². The molecule has 1 aliphatic carbocycles. The number of aromatic nitrogens is 4. The molecule has 1 fully saturated rings. The highest BCUT2D eigenvalue weighted by molar-refractivity contribution is 7.14. The molecule has 0 saturated carbocycles. The molecule has 13 heteroatoms. The minimum Gasteiger partial charge on any atom is -0.392 e. The van der Waals surface area contributed by atoms with Crippen LogP contribution in [0.2, 0.25) is 0 Å². The summed E-state index contributed by atoms with van der Waals surface area (Å²) in [6.45, 7) is 6.69. The second kappa shape index (κ2) is 11.7. The monoisotopic (exact) mass is 641 g/mol. The van der Waals surface area contributed by atoms with Crippen molar-refractivity contribution in [3.8, 4) is 11.3 Å². The Balaban J connectivity index is 1.17. The molecule has 0 spiro atoms. The predicted molar refractivity (Wildman–Crippen MR) is 174 cm³/mol. The van der Waals surface area contributed by atoms with Crippen LogP contribution >= 0.6 is 11.3 Å². The summed E-state index contributed by atoms with van der Waals surface area (Å²) in [6.07, 6.45) is 5.77. The van der Waals surface area contributed by atoms with E-state index in [-0.39, 0.29) is 35.1 Å². The van der Waals surface area contributed by atoms with E-state index in [1.54, 1.807) is 58.6 Å². The lowest BCUT2D eigenvalue weighted by Crippen LogP contribution is -2.40. The number of rotatable bonds is 6. The Morgan fingerprint density at radius 2 is 1.89 bits per heavy atom. The van der Waals surface area contributed by atoms with Crippen molar-refractivity contribution < 1.29 is 19.4 Å². The van der Waals surface area contributed by atoms with E-state index in [9.17, 15) is 19.5 Å². The van der Waals surface area contributed by atoms with Crippen LogP contribution in [-0.4, -0.2) is 74.4 Å². The molecule has 0 unspecified atom stereocenters. The zero-order valence-electron chi connectivity index (χ0n) is 26.0. The fourth-order valence-corrected chi connectivity index (χ4v) is 8.16. The number of hydrogen-bond donors (Lipinski definition) is 2. The van der Waals surface area contributed by atoms with E-state index in [0.29, 0.717) is 66.9 Å². The van der Waals surface area contributed by atoms with E-state index < -0.39 is 0 Å². The number of nitrogens with one attached hydrogen (secondary N) is 1. The van der Waals surface area contributed by atoms with Crippen LogP contribution in [0.5, 0.6) is 0 Å². The summed E-state index contributed by atoms with van der Waals surface area (Å²) in [4.78, 5) is 54.1. The first-order valence-corrected chi connectivity index (χ1v) is 16.2. The Kier molecular flexibility index (Phi) is 7.70. The predicted octanol–water partition coefficient (Wildman–Crippen LogP) is 3.33. The summed E-state index contributed by atoms with van der Waals surface area (Å²) in [5, 5.41) is 18.1. The Morgan fingerprint density at radius 3 is 2.63 bits per heavy atom. The Hall–Kier alpha value is -4.46. The topological polar surface area (TPSA) is 143 Å². The van der Waals surface area contributed by atoms with Crippen molar-refractivity contribution in [2.75, 3.05) is 43.1 Å². The quantitative estimate of drug-likeness (QED) is 0.324. The van der Waals surface area contributed by atoms with Crippen LogP contribution in [0.25, 0.3) is 11.3 Å². The number of morpholine rings is 1. The third-order valence-corrected chi connectivity index (χ3v) is 10.1. The van der Waals surface area contributed by atoms with Gasteiger partial charge < -0.3 is 20.1 Å². The first-order chi connectivity index (χ1) is 22.1. The molecular formula is C33H35N7O5S. The summed E-state index contributed by atoms with van der Waals surface area (Å²) in [5.74, 6) is 0.545. The smallest absolute Gasteiger partial charge is 0.290 e. The van der Waals surface area contributed by atoms with Crippen molar-refractivity contribution in [2.24, 2.45) is 12.5 Å². The van der Waals surface area contributed by atoms with E-state index in [2.05, 4.69) is 34.2 Å². The highest BCUT2D eigenvalue weighted by Crippen LogP contribution is 2.46. The maximum Gasteiger partial charge on any atom is 0.290 e. The summed E-state index contributed by atoms with van der Waals surface area (Å²) in [6, 6.07) is 6.63. The second-order valence-corrected chi connectivity index (χ2v) is 13.8. The maximum absolute atomic E-state index is 13.8. The number of pyridine rings is 2. The SMILES string of the molecule is Cn1nc(-c2ccnc(N3CCc4c(sc5c4CC(C)(C)C5)C3=O)c2CO)cc(Nc2ccc(C(=O)N3CCOCC3)cn2)c1=O. The highest BCUT2D eigenvalue weighted by atomic mass is 32.1.